The van der Waals surface area contributed by atoms with Crippen LogP contribution in [0, 0.1) is 5.92 Å². The molecule has 124 valence electrons. The lowest BCUT2D eigenvalue weighted by Crippen LogP contribution is -2.36. The van der Waals surface area contributed by atoms with Gasteiger partial charge in [0, 0.05) is 41.4 Å². The molecule has 2 fully saturated rings. The second-order valence-corrected chi connectivity index (χ2v) is 7.16. The summed E-state index contributed by atoms with van der Waals surface area (Å²) in [6.45, 7) is 2.32. The molecule has 2 aliphatic heterocycles. The Morgan fingerprint density at radius 3 is 2.92 bits per heavy atom. The summed E-state index contributed by atoms with van der Waals surface area (Å²) in [4.78, 5) is 6.02. The highest BCUT2D eigenvalue weighted by atomic mass is 15.2. The predicted molar refractivity (Wildman–Crippen MR) is 93.2 cm³/mol. The van der Waals surface area contributed by atoms with Gasteiger partial charge in [0.1, 0.15) is 12.7 Å². The third-order valence-electron chi connectivity index (χ3n) is 5.90. The summed E-state index contributed by atoms with van der Waals surface area (Å²) in [5.74, 6) is 0.817. The van der Waals surface area contributed by atoms with Crippen molar-refractivity contribution in [3.05, 3.63) is 42.6 Å². The van der Waals surface area contributed by atoms with E-state index in [4.69, 9.17) is 0 Å². The van der Waals surface area contributed by atoms with Gasteiger partial charge in [0.25, 0.3) is 0 Å². The Labute approximate surface area is 140 Å². The van der Waals surface area contributed by atoms with Crippen LogP contribution in [0.4, 0.5) is 0 Å². The largest absolute Gasteiger partial charge is 0.361 e. The Morgan fingerprint density at radius 2 is 2.08 bits per heavy atom. The van der Waals surface area contributed by atoms with Gasteiger partial charge in [-0.3, -0.25) is 9.47 Å². The first-order valence-corrected chi connectivity index (χ1v) is 8.67. The van der Waals surface area contributed by atoms with Crippen LogP contribution in [0.3, 0.4) is 0 Å². The van der Waals surface area contributed by atoms with E-state index in [0.29, 0.717) is 12.1 Å². The third-order valence-corrected chi connectivity index (χ3v) is 5.90. The molecule has 2 saturated heterocycles. The molecule has 0 radical (unpaired) electrons. The molecular formula is C18H22N6. The number of H-pyrrole nitrogens is 1. The molecule has 6 heteroatoms. The number of nitrogens with one attached hydrogen (secondary N) is 2. The molecule has 2 aromatic heterocycles. The number of benzene rings is 1. The molecular weight excluding hydrogens is 300 g/mol. The predicted octanol–water partition coefficient (Wildman–Crippen LogP) is 1.58. The molecule has 3 atom stereocenters. The van der Waals surface area contributed by atoms with Gasteiger partial charge in [-0.05, 0) is 56.1 Å². The minimum Gasteiger partial charge on any atom is -0.361 e. The van der Waals surface area contributed by atoms with Crippen LogP contribution in [0.15, 0.2) is 37.1 Å². The maximum Gasteiger partial charge on any atom is 0.123 e. The molecule has 0 bridgehead atoms. The van der Waals surface area contributed by atoms with E-state index in [-0.39, 0.29) is 0 Å². The number of rotatable bonds is 3. The molecule has 0 amide bonds. The van der Waals surface area contributed by atoms with Crippen LogP contribution in [0.25, 0.3) is 16.6 Å². The fraction of sp³-hybridized carbons (Fsp3) is 0.444. The maximum absolute atomic E-state index is 3.91. The molecule has 0 spiro atoms. The highest BCUT2D eigenvalue weighted by Crippen LogP contribution is 2.34. The number of hydrogen-bond acceptors (Lipinski definition) is 4. The van der Waals surface area contributed by atoms with Gasteiger partial charge in [0.05, 0.1) is 0 Å². The van der Waals surface area contributed by atoms with Gasteiger partial charge < -0.3 is 10.3 Å². The van der Waals surface area contributed by atoms with Gasteiger partial charge in [0.15, 0.2) is 0 Å². The van der Waals surface area contributed by atoms with E-state index in [9.17, 15) is 0 Å². The smallest absolute Gasteiger partial charge is 0.123 e. The molecule has 0 aliphatic carbocycles. The van der Waals surface area contributed by atoms with E-state index in [2.05, 4.69) is 56.8 Å². The lowest BCUT2D eigenvalue weighted by atomic mass is 9.98. The molecule has 3 aromatic rings. The summed E-state index contributed by atoms with van der Waals surface area (Å²) < 4.78 is 1.95. The van der Waals surface area contributed by atoms with Crippen molar-refractivity contribution in [1.29, 1.82) is 0 Å². The average Bonchev–Trinajstić information content (AvgIpc) is 3.36. The van der Waals surface area contributed by atoms with E-state index < -0.39 is 0 Å². The van der Waals surface area contributed by atoms with Crippen molar-refractivity contribution < 1.29 is 0 Å². The summed E-state index contributed by atoms with van der Waals surface area (Å²) >= 11 is 0. The number of likely N-dealkylation sites (tertiary alicyclic amines) is 1. The van der Waals surface area contributed by atoms with Gasteiger partial charge in [-0.15, -0.1) is 10.2 Å². The molecule has 6 nitrogen and oxygen atoms in total. The van der Waals surface area contributed by atoms with Gasteiger partial charge in [-0.1, -0.05) is 0 Å². The monoisotopic (exact) mass is 322 g/mol. The number of likely N-dealkylation sites (N-methyl/N-ethyl adjacent to an activating group) is 1. The SMILES string of the molecule is CN1[C@@H](Cc2c[nH]c3ccc(-n4cnnc4)cc23)C[C@@H]2CNC[C@@H]21. The average molecular weight is 322 g/mol. The molecule has 2 aliphatic rings. The summed E-state index contributed by atoms with van der Waals surface area (Å²) in [7, 11) is 2.29. The fourth-order valence-electron chi connectivity index (χ4n) is 4.53. The Balaban J connectivity index is 1.45. The van der Waals surface area contributed by atoms with E-state index >= 15 is 0 Å². The normalized spacial score (nSPS) is 27.1. The first kappa shape index (κ1) is 14.2. The minimum absolute atomic E-state index is 0.639. The van der Waals surface area contributed by atoms with Crippen molar-refractivity contribution in [1.82, 2.24) is 30.0 Å². The van der Waals surface area contributed by atoms with Gasteiger partial charge >= 0.3 is 0 Å². The van der Waals surface area contributed by atoms with Crippen molar-refractivity contribution in [3.8, 4) is 5.69 Å². The van der Waals surface area contributed by atoms with Crippen molar-refractivity contribution in [2.24, 2.45) is 5.92 Å². The number of aromatic nitrogens is 4. The quantitative estimate of drug-likeness (QED) is 0.769. The minimum atomic E-state index is 0.639. The topological polar surface area (TPSA) is 61.8 Å². The van der Waals surface area contributed by atoms with E-state index in [1.165, 1.54) is 29.4 Å². The fourth-order valence-corrected chi connectivity index (χ4v) is 4.53. The van der Waals surface area contributed by atoms with Gasteiger partial charge in [-0.2, -0.15) is 0 Å². The van der Waals surface area contributed by atoms with Crippen LogP contribution in [-0.4, -0.2) is 56.9 Å². The maximum atomic E-state index is 3.91. The summed E-state index contributed by atoms with van der Waals surface area (Å²) in [6, 6.07) is 7.84. The van der Waals surface area contributed by atoms with E-state index in [1.54, 1.807) is 12.7 Å². The lowest BCUT2D eigenvalue weighted by Gasteiger charge is -2.24. The highest BCUT2D eigenvalue weighted by Gasteiger charge is 2.41. The van der Waals surface area contributed by atoms with Crippen LogP contribution in [0.1, 0.15) is 12.0 Å². The first-order valence-electron chi connectivity index (χ1n) is 8.67. The molecule has 1 aromatic carbocycles. The Hall–Kier alpha value is -2.18. The van der Waals surface area contributed by atoms with Crippen molar-refractivity contribution in [3.63, 3.8) is 0 Å². The van der Waals surface area contributed by atoms with E-state index in [0.717, 1.165) is 24.6 Å². The summed E-state index contributed by atoms with van der Waals surface area (Å²) in [6.07, 6.45) is 8.07. The molecule has 0 saturated carbocycles. The van der Waals surface area contributed by atoms with Crippen LogP contribution >= 0.6 is 0 Å². The third kappa shape index (κ3) is 2.17. The molecule has 4 heterocycles. The zero-order valence-corrected chi connectivity index (χ0v) is 13.8. The van der Waals surface area contributed by atoms with Crippen LogP contribution in [0.2, 0.25) is 0 Å². The lowest BCUT2D eigenvalue weighted by molar-refractivity contribution is 0.241. The van der Waals surface area contributed by atoms with Crippen LogP contribution in [-0.2, 0) is 6.42 Å². The number of aromatic amines is 1. The summed E-state index contributed by atoms with van der Waals surface area (Å²) in [5.41, 5.74) is 3.71. The Bertz CT molecular complexity index is 852. The zero-order valence-electron chi connectivity index (χ0n) is 13.8. The van der Waals surface area contributed by atoms with Crippen molar-refractivity contribution in [2.45, 2.75) is 24.9 Å². The zero-order chi connectivity index (χ0) is 16.1. The van der Waals surface area contributed by atoms with Crippen molar-refractivity contribution >= 4 is 10.9 Å². The standard InChI is InChI=1S/C18H22N6/c1-23-15(5-13-7-19-9-18(13)23)4-12-8-20-17-3-2-14(6-16(12)17)24-10-21-22-11-24/h2-3,6,8,10-11,13,15,18-20H,4-5,7,9H2,1H3/t13-,15+,18+/m1/s1. The molecule has 24 heavy (non-hydrogen) atoms. The first-order chi connectivity index (χ1) is 11.8. The molecule has 2 N–H and O–H groups in total. The Kier molecular flexibility index (Phi) is 3.21. The van der Waals surface area contributed by atoms with Crippen molar-refractivity contribution in [2.75, 3.05) is 20.1 Å². The van der Waals surface area contributed by atoms with Crippen LogP contribution < -0.4 is 5.32 Å². The Morgan fingerprint density at radius 1 is 1.21 bits per heavy atom. The second-order valence-electron chi connectivity index (χ2n) is 7.16. The van der Waals surface area contributed by atoms with Gasteiger partial charge in [-0.25, -0.2) is 0 Å². The highest BCUT2D eigenvalue weighted by molar-refractivity contribution is 5.85. The number of fused-ring (bicyclic) bond motifs is 2. The molecule has 0 unspecified atom stereocenters. The number of nitrogens with zero attached hydrogens (tertiary/aromatic N) is 4. The van der Waals surface area contributed by atoms with Crippen LogP contribution in [0.5, 0.6) is 0 Å². The number of hydrogen-bond donors (Lipinski definition) is 2. The second kappa shape index (κ2) is 5.43. The molecule has 5 rings (SSSR count). The van der Waals surface area contributed by atoms with E-state index in [1.807, 2.05) is 4.57 Å². The summed E-state index contributed by atoms with van der Waals surface area (Å²) in [5, 5.41) is 12.6. The van der Waals surface area contributed by atoms with Gasteiger partial charge in [0.2, 0.25) is 0 Å².